The summed E-state index contributed by atoms with van der Waals surface area (Å²) in [6.07, 6.45) is 1.83. The van der Waals surface area contributed by atoms with Crippen molar-refractivity contribution in [2.45, 2.75) is 52.3 Å². The molecule has 1 aromatic carbocycles. The van der Waals surface area contributed by atoms with Crippen LogP contribution in [0.4, 0.5) is 22.2 Å². The highest BCUT2D eigenvalue weighted by molar-refractivity contribution is 6.76. The number of nitrogens with two attached hydrogens (primary N) is 1. The van der Waals surface area contributed by atoms with E-state index >= 15 is 0 Å². The molecule has 13 heteroatoms. The molecular weight excluding hydrogens is 514 g/mol. The largest absolute Gasteiger partial charge is 0.465 e. The van der Waals surface area contributed by atoms with E-state index in [4.69, 9.17) is 15.6 Å². The fourth-order valence-electron chi connectivity index (χ4n) is 5.34. The number of anilines is 3. The van der Waals surface area contributed by atoms with Crippen molar-refractivity contribution in [2.75, 3.05) is 54.6 Å². The molecule has 210 valence electrons. The fraction of sp³-hybridized carbons (Fsp3) is 0.538. The monoisotopic (exact) mass is 553 g/mol. The Hall–Kier alpha value is -3.42. The molecule has 1 fully saturated rings. The third kappa shape index (κ3) is 5.79. The second kappa shape index (κ2) is 11.0. The van der Waals surface area contributed by atoms with Crippen LogP contribution >= 0.6 is 0 Å². The highest BCUT2D eigenvalue weighted by Crippen LogP contribution is 2.36. The van der Waals surface area contributed by atoms with Crippen molar-refractivity contribution >= 4 is 42.5 Å². The predicted molar refractivity (Wildman–Crippen MR) is 155 cm³/mol. The van der Waals surface area contributed by atoms with Gasteiger partial charge in [-0.2, -0.15) is 10.1 Å². The van der Waals surface area contributed by atoms with Gasteiger partial charge in [-0.05, 0) is 31.0 Å². The third-order valence-corrected chi connectivity index (χ3v) is 9.25. The third-order valence-electron chi connectivity index (χ3n) is 7.55. The molecule has 5 rings (SSSR count). The first-order chi connectivity index (χ1) is 18.6. The zero-order valence-corrected chi connectivity index (χ0v) is 24.3. The minimum Gasteiger partial charge on any atom is -0.465 e. The molecule has 0 unspecified atom stereocenters. The van der Waals surface area contributed by atoms with Crippen molar-refractivity contribution in [1.29, 1.82) is 0 Å². The summed E-state index contributed by atoms with van der Waals surface area (Å²) in [4.78, 5) is 26.7. The zero-order chi connectivity index (χ0) is 27.7. The number of hydrogen-bond acceptors (Lipinski definition) is 9. The molecule has 0 aliphatic carbocycles. The first-order valence-corrected chi connectivity index (χ1v) is 17.2. The van der Waals surface area contributed by atoms with E-state index in [0.29, 0.717) is 45.4 Å². The van der Waals surface area contributed by atoms with E-state index in [2.05, 4.69) is 64.0 Å². The van der Waals surface area contributed by atoms with E-state index in [1.165, 1.54) is 10.5 Å². The molecule has 2 aromatic heterocycles. The van der Waals surface area contributed by atoms with Crippen LogP contribution in [0.2, 0.25) is 25.7 Å². The molecule has 0 bridgehead atoms. The average Bonchev–Trinajstić information content (AvgIpc) is 3.32. The van der Waals surface area contributed by atoms with E-state index in [1.807, 2.05) is 10.9 Å². The van der Waals surface area contributed by atoms with Crippen LogP contribution < -0.4 is 21.1 Å². The van der Waals surface area contributed by atoms with Gasteiger partial charge in [0, 0.05) is 58.4 Å². The van der Waals surface area contributed by atoms with Gasteiger partial charge in [-0.3, -0.25) is 5.43 Å². The lowest BCUT2D eigenvalue weighted by molar-refractivity contribution is 0.0817. The lowest BCUT2D eigenvalue weighted by Crippen LogP contribution is -2.49. The molecule has 2 aliphatic rings. The van der Waals surface area contributed by atoms with E-state index in [-0.39, 0.29) is 0 Å². The van der Waals surface area contributed by atoms with Gasteiger partial charge < -0.3 is 24.5 Å². The van der Waals surface area contributed by atoms with Gasteiger partial charge in [0.15, 0.2) is 0 Å². The number of nitrogens with one attached hydrogen (secondary N) is 1. The smallest absolute Gasteiger partial charge is 0.407 e. The van der Waals surface area contributed by atoms with Crippen molar-refractivity contribution in [3.8, 4) is 0 Å². The summed E-state index contributed by atoms with van der Waals surface area (Å²) in [6.45, 7) is 13.9. The number of amides is 1. The number of benzene rings is 1. The van der Waals surface area contributed by atoms with Crippen LogP contribution in [0.3, 0.4) is 0 Å². The van der Waals surface area contributed by atoms with Crippen molar-refractivity contribution in [1.82, 2.24) is 24.6 Å². The Morgan fingerprint density at radius 2 is 1.90 bits per heavy atom. The van der Waals surface area contributed by atoms with E-state index in [1.54, 1.807) is 0 Å². The number of nitrogen functional groups attached to an aromatic ring is 1. The number of ether oxygens (including phenoxy) is 1. The SMILES string of the molecule is Cc1ccc2c(cnn2COCC[Si](C)(C)C)c1N1CCc2c(nc(NN)nc2N2CCN(C(=O)O)CC2)C1. The summed E-state index contributed by atoms with van der Waals surface area (Å²) in [5.41, 5.74) is 8.04. The van der Waals surface area contributed by atoms with Gasteiger partial charge in [-0.15, -0.1) is 0 Å². The number of rotatable bonds is 8. The number of aromatic nitrogens is 4. The number of carbonyl (C=O) groups is 1. The molecule has 0 spiro atoms. The zero-order valence-electron chi connectivity index (χ0n) is 23.3. The summed E-state index contributed by atoms with van der Waals surface area (Å²) >= 11 is 0. The fourth-order valence-corrected chi connectivity index (χ4v) is 6.09. The molecule has 1 amide bonds. The van der Waals surface area contributed by atoms with E-state index < -0.39 is 14.2 Å². The van der Waals surface area contributed by atoms with Gasteiger partial charge in [-0.1, -0.05) is 25.7 Å². The Morgan fingerprint density at radius 3 is 2.59 bits per heavy atom. The van der Waals surface area contributed by atoms with Gasteiger partial charge >= 0.3 is 6.09 Å². The number of aryl methyl sites for hydroxylation is 1. The molecule has 4 heterocycles. The highest BCUT2D eigenvalue weighted by Gasteiger charge is 2.29. The highest BCUT2D eigenvalue weighted by atomic mass is 28.3. The quantitative estimate of drug-likeness (QED) is 0.165. The molecule has 12 nitrogen and oxygen atoms in total. The van der Waals surface area contributed by atoms with Crippen LogP contribution in [0, 0.1) is 6.92 Å². The Balaban J connectivity index is 1.38. The number of fused-ring (bicyclic) bond motifs is 2. The Labute approximate surface area is 229 Å². The van der Waals surface area contributed by atoms with Gasteiger partial charge in [0.1, 0.15) is 12.5 Å². The number of carboxylic acid groups (broad SMARTS) is 1. The maximum absolute atomic E-state index is 11.4. The molecule has 2 aliphatic heterocycles. The molecule has 0 atom stereocenters. The summed E-state index contributed by atoms with van der Waals surface area (Å²) in [6, 6.07) is 5.39. The van der Waals surface area contributed by atoms with Crippen LogP contribution in [0.1, 0.15) is 16.8 Å². The Kier molecular flexibility index (Phi) is 7.65. The summed E-state index contributed by atoms with van der Waals surface area (Å²) in [5, 5.41) is 15.1. The number of piperazine rings is 1. The first-order valence-electron chi connectivity index (χ1n) is 13.5. The normalized spacial score (nSPS) is 16.1. The standard InChI is InChI=1S/C26H39N9O3Si/c1-18-5-6-22-20(15-28-35(22)17-38-13-14-39(2,3)4)23(18)34-8-7-19-21(16-34)29-25(31-27)30-24(19)32-9-11-33(12-10-32)26(36)37/h5-6,15H,7-14,16-17,27H2,1-4H3,(H,36,37)(H,29,30,31). The summed E-state index contributed by atoms with van der Waals surface area (Å²) in [5.74, 6) is 6.96. The molecule has 3 aromatic rings. The van der Waals surface area contributed by atoms with Crippen LogP contribution in [0.25, 0.3) is 10.9 Å². The van der Waals surface area contributed by atoms with Crippen LogP contribution in [-0.2, 0) is 24.4 Å². The molecule has 4 N–H and O–H groups in total. The molecular formula is C26H39N9O3Si. The second-order valence-corrected chi connectivity index (χ2v) is 17.1. The van der Waals surface area contributed by atoms with Crippen LogP contribution in [-0.4, -0.2) is 83.3 Å². The van der Waals surface area contributed by atoms with Crippen molar-refractivity contribution in [3.63, 3.8) is 0 Å². The van der Waals surface area contributed by atoms with Gasteiger partial charge in [0.2, 0.25) is 5.95 Å². The minimum absolute atomic E-state index is 0.365. The van der Waals surface area contributed by atoms with Crippen molar-refractivity contribution < 1.29 is 14.6 Å². The van der Waals surface area contributed by atoms with Crippen molar-refractivity contribution in [3.05, 3.63) is 35.2 Å². The molecule has 0 radical (unpaired) electrons. The van der Waals surface area contributed by atoms with E-state index in [9.17, 15) is 9.90 Å². The second-order valence-electron chi connectivity index (χ2n) is 11.5. The number of hydrogen-bond donors (Lipinski definition) is 3. The molecule has 39 heavy (non-hydrogen) atoms. The van der Waals surface area contributed by atoms with Crippen LogP contribution in [0.15, 0.2) is 18.3 Å². The Bertz CT molecular complexity index is 1350. The summed E-state index contributed by atoms with van der Waals surface area (Å²) in [7, 11) is -1.14. The maximum atomic E-state index is 11.4. The Morgan fingerprint density at radius 1 is 1.13 bits per heavy atom. The first kappa shape index (κ1) is 27.2. The number of hydrazine groups is 1. The predicted octanol–water partition coefficient (Wildman–Crippen LogP) is 3.10. The van der Waals surface area contributed by atoms with Gasteiger partial charge in [0.25, 0.3) is 0 Å². The number of nitrogens with zero attached hydrogens (tertiary/aromatic N) is 7. The lowest BCUT2D eigenvalue weighted by atomic mass is 10.0. The van der Waals surface area contributed by atoms with Crippen LogP contribution in [0.5, 0.6) is 0 Å². The molecule has 1 saturated heterocycles. The maximum Gasteiger partial charge on any atom is 0.407 e. The topological polar surface area (TPSA) is 138 Å². The van der Waals surface area contributed by atoms with Gasteiger partial charge in [0.05, 0.1) is 29.6 Å². The average molecular weight is 554 g/mol. The van der Waals surface area contributed by atoms with Crippen molar-refractivity contribution in [2.24, 2.45) is 5.84 Å². The lowest BCUT2D eigenvalue weighted by Gasteiger charge is -2.37. The minimum atomic E-state index is -1.14. The summed E-state index contributed by atoms with van der Waals surface area (Å²) < 4.78 is 7.92. The van der Waals surface area contributed by atoms with E-state index in [0.717, 1.165) is 59.3 Å². The van der Waals surface area contributed by atoms with Gasteiger partial charge in [-0.25, -0.2) is 20.3 Å². The molecule has 0 saturated carbocycles.